The van der Waals surface area contributed by atoms with E-state index >= 15 is 0 Å². The average molecular weight is 277 g/mol. The van der Waals surface area contributed by atoms with Gasteiger partial charge < -0.3 is 9.84 Å². The summed E-state index contributed by atoms with van der Waals surface area (Å²) in [5.74, 6) is -0.540. The van der Waals surface area contributed by atoms with Gasteiger partial charge in [-0.25, -0.2) is 0 Å². The largest absolute Gasteiger partial charge is 0.492 e. The number of carbonyl (C=O) groups excluding carboxylic acids is 1. The second-order valence-electron chi connectivity index (χ2n) is 3.24. The highest BCUT2D eigenvalue weighted by atomic mass is 35.5. The molecule has 1 aromatic carbocycles. The van der Waals surface area contributed by atoms with Gasteiger partial charge in [-0.1, -0.05) is 23.2 Å². The molecular weight excluding hydrogens is 267 g/mol. The number of aliphatic carboxylic acids is 1. The molecule has 0 fully saturated rings. The molecule has 0 aliphatic carbocycles. The highest BCUT2D eigenvalue weighted by Gasteiger charge is 2.10. The molecule has 0 spiro atoms. The van der Waals surface area contributed by atoms with E-state index in [0.29, 0.717) is 18.5 Å². The van der Waals surface area contributed by atoms with E-state index < -0.39 is 5.97 Å². The lowest BCUT2D eigenvalue weighted by Gasteiger charge is -2.09. The Labute approximate surface area is 108 Å². The highest BCUT2D eigenvalue weighted by Crippen LogP contribution is 2.34. The van der Waals surface area contributed by atoms with Crippen molar-refractivity contribution >= 4 is 35.5 Å². The fourth-order valence-electron chi connectivity index (χ4n) is 1.15. The molecule has 0 atom stereocenters. The molecule has 0 heterocycles. The van der Waals surface area contributed by atoms with Crippen molar-refractivity contribution in [2.75, 3.05) is 6.61 Å². The van der Waals surface area contributed by atoms with E-state index in [1.54, 1.807) is 0 Å². The summed E-state index contributed by atoms with van der Waals surface area (Å²) in [6.45, 7) is 0.225. The van der Waals surface area contributed by atoms with Crippen molar-refractivity contribution in [1.82, 2.24) is 0 Å². The monoisotopic (exact) mass is 276 g/mol. The number of hydrogen-bond donors (Lipinski definition) is 1. The first-order valence-corrected chi connectivity index (χ1v) is 5.59. The van der Waals surface area contributed by atoms with E-state index in [2.05, 4.69) is 0 Å². The summed E-state index contributed by atoms with van der Waals surface area (Å²) in [5.41, 5.74) is 0.287. The van der Waals surface area contributed by atoms with E-state index in [1.165, 1.54) is 12.1 Å². The molecule has 92 valence electrons. The number of carboxylic acid groups (broad SMARTS) is 1. The van der Waals surface area contributed by atoms with Crippen LogP contribution in [0, 0.1) is 0 Å². The lowest BCUT2D eigenvalue weighted by Crippen LogP contribution is -2.02. The van der Waals surface area contributed by atoms with Crippen LogP contribution in [0.3, 0.4) is 0 Å². The van der Waals surface area contributed by atoms with E-state index in [-0.39, 0.29) is 28.6 Å². The van der Waals surface area contributed by atoms with Crippen LogP contribution >= 0.6 is 23.2 Å². The summed E-state index contributed by atoms with van der Waals surface area (Å²) >= 11 is 11.7. The topological polar surface area (TPSA) is 63.6 Å². The maximum Gasteiger partial charge on any atom is 0.303 e. The van der Waals surface area contributed by atoms with Gasteiger partial charge in [0, 0.05) is 12.0 Å². The van der Waals surface area contributed by atoms with Crippen molar-refractivity contribution in [1.29, 1.82) is 0 Å². The molecule has 0 unspecified atom stereocenters. The van der Waals surface area contributed by atoms with Gasteiger partial charge in [-0.3, -0.25) is 9.59 Å². The summed E-state index contributed by atoms with van der Waals surface area (Å²) in [4.78, 5) is 20.9. The number of carboxylic acids is 1. The molecular formula is C11H10Cl2O4. The highest BCUT2D eigenvalue weighted by molar-refractivity contribution is 6.44. The summed E-state index contributed by atoms with van der Waals surface area (Å²) in [6, 6.07) is 3.02. The van der Waals surface area contributed by atoms with Crippen LogP contribution in [0.1, 0.15) is 23.2 Å². The molecule has 0 radical (unpaired) electrons. The smallest absolute Gasteiger partial charge is 0.303 e. The molecule has 0 saturated heterocycles. The Hall–Kier alpha value is -1.26. The second-order valence-corrected chi connectivity index (χ2v) is 4.00. The van der Waals surface area contributed by atoms with Crippen LogP contribution in [0.4, 0.5) is 0 Å². The van der Waals surface area contributed by atoms with Gasteiger partial charge in [-0.05, 0) is 18.6 Å². The SMILES string of the molecule is O=Cc1ccc(OCCCC(=O)O)c(Cl)c1Cl. The molecule has 0 bridgehead atoms. The van der Waals surface area contributed by atoms with Crippen molar-refractivity contribution in [2.24, 2.45) is 0 Å². The number of halogens is 2. The lowest BCUT2D eigenvalue weighted by molar-refractivity contribution is -0.137. The van der Waals surface area contributed by atoms with Gasteiger partial charge in [0.05, 0.1) is 11.6 Å². The Bertz CT molecular complexity index is 432. The Balaban J connectivity index is 2.63. The first-order valence-electron chi connectivity index (χ1n) is 4.84. The number of rotatable bonds is 6. The van der Waals surface area contributed by atoms with Crippen LogP contribution in [0.15, 0.2) is 12.1 Å². The maximum absolute atomic E-state index is 10.6. The van der Waals surface area contributed by atoms with E-state index in [4.69, 9.17) is 33.0 Å². The van der Waals surface area contributed by atoms with E-state index in [1.807, 2.05) is 0 Å². The van der Waals surface area contributed by atoms with Crippen molar-refractivity contribution in [3.63, 3.8) is 0 Å². The Morgan fingerprint density at radius 1 is 1.35 bits per heavy atom. The molecule has 1 rings (SSSR count). The Morgan fingerprint density at radius 2 is 2.06 bits per heavy atom. The molecule has 1 N–H and O–H groups in total. The molecule has 0 amide bonds. The quantitative estimate of drug-likeness (QED) is 0.641. The zero-order valence-corrected chi connectivity index (χ0v) is 10.3. The van der Waals surface area contributed by atoms with Gasteiger partial charge in [-0.15, -0.1) is 0 Å². The van der Waals surface area contributed by atoms with Crippen LogP contribution in [0.2, 0.25) is 10.0 Å². The van der Waals surface area contributed by atoms with E-state index in [9.17, 15) is 9.59 Å². The van der Waals surface area contributed by atoms with Crippen LogP contribution in [-0.2, 0) is 4.79 Å². The number of benzene rings is 1. The van der Waals surface area contributed by atoms with Crippen LogP contribution in [-0.4, -0.2) is 24.0 Å². The number of carbonyl (C=O) groups is 2. The molecule has 0 saturated carbocycles. The summed E-state index contributed by atoms with van der Waals surface area (Å²) in [7, 11) is 0. The van der Waals surface area contributed by atoms with Gasteiger partial charge in [0.15, 0.2) is 6.29 Å². The third-order valence-electron chi connectivity index (χ3n) is 2.00. The number of aldehydes is 1. The van der Waals surface area contributed by atoms with Crippen LogP contribution in [0.25, 0.3) is 0 Å². The summed E-state index contributed by atoms with van der Waals surface area (Å²) in [5, 5.41) is 8.73. The normalized spacial score (nSPS) is 10.0. The van der Waals surface area contributed by atoms with Gasteiger partial charge in [0.1, 0.15) is 10.8 Å². The number of ether oxygens (including phenoxy) is 1. The first-order chi connectivity index (χ1) is 8.06. The zero-order valence-electron chi connectivity index (χ0n) is 8.78. The van der Waals surface area contributed by atoms with Crippen LogP contribution < -0.4 is 4.74 Å². The van der Waals surface area contributed by atoms with Crippen molar-refractivity contribution in [3.05, 3.63) is 27.7 Å². The predicted octanol–water partition coefficient (Wildman–Crippen LogP) is 3.05. The molecule has 0 aliphatic rings. The van der Waals surface area contributed by atoms with Crippen molar-refractivity contribution in [3.8, 4) is 5.75 Å². The van der Waals surface area contributed by atoms with Crippen molar-refractivity contribution in [2.45, 2.75) is 12.8 Å². The first kappa shape index (κ1) is 13.8. The zero-order chi connectivity index (χ0) is 12.8. The summed E-state index contributed by atoms with van der Waals surface area (Å²) < 4.78 is 5.27. The Kier molecular flexibility index (Phi) is 5.25. The minimum absolute atomic E-state index is 0.0256. The molecule has 0 aliphatic heterocycles. The lowest BCUT2D eigenvalue weighted by atomic mass is 10.2. The predicted molar refractivity (Wildman–Crippen MR) is 64.2 cm³/mol. The molecule has 1 aromatic rings. The minimum atomic E-state index is -0.881. The maximum atomic E-state index is 10.6. The third-order valence-corrected chi connectivity index (χ3v) is 2.88. The second kappa shape index (κ2) is 6.47. The fraction of sp³-hybridized carbons (Fsp3) is 0.273. The van der Waals surface area contributed by atoms with Gasteiger partial charge in [-0.2, -0.15) is 0 Å². The van der Waals surface area contributed by atoms with Crippen LogP contribution in [0.5, 0.6) is 5.75 Å². The third kappa shape index (κ3) is 3.91. The molecule has 6 heteroatoms. The Morgan fingerprint density at radius 3 is 2.65 bits per heavy atom. The number of hydrogen-bond acceptors (Lipinski definition) is 3. The molecule has 4 nitrogen and oxygen atoms in total. The minimum Gasteiger partial charge on any atom is -0.492 e. The average Bonchev–Trinajstić information content (AvgIpc) is 2.29. The fourth-order valence-corrected chi connectivity index (χ4v) is 1.58. The standard InChI is InChI=1S/C11H10Cl2O4/c12-10-7(6-14)3-4-8(11(10)13)17-5-1-2-9(15)16/h3-4,6H,1-2,5H2,(H,15,16). The van der Waals surface area contributed by atoms with Gasteiger partial charge >= 0.3 is 5.97 Å². The van der Waals surface area contributed by atoms with E-state index in [0.717, 1.165) is 0 Å². The molecule has 0 aromatic heterocycles. The van der Waals surface area contributed by atoms with Gasteiger partial charge in [0.25, 0.3) is 0 Å². The molecule has 17 heavy (non-hydrogen) atoms. The van der Waals surface area contributed by atoms with Gasteiger partial charge in [0.2, 0.25) is 0 Å². The summed E-state index contributed by atoms with van der Waals surface area (Å²) in [6.07, 6.45) is 0.999. The van der Waals surface area contributed by atoms with Crippen molar-refractivity contribution < 1.29 is 19.4 Å².